The lowest BCUT2D eigenvalue weighted by molar-refractivity contribution is 0.0458. The van der Waals surface area contributed by atoms with E-state index in [1.165, 1.54) is 6.42 Å². The summed E-state index contributed by atoms with van der Waals surface area (Å²) >= 11 is 5.69. The number of rotatable bonds is 5. The summed E-state index contributed by atoms with van der Waals surface area (Å²) in [6.07, 6.45) is 4.12. The number of esters is 1. The van der Waals surface area contributed by atoms with Gasteiger partial charge in [-0.1, -0.05) is 30.9 Å². The summed E-state index contributed by atoms with van der Waals surface area (Å²) in [6.45, 7) is 0.167. The Labute approximate surface area is 127 Å². The van der Waals surface area contributed by atoms with Crippen LogP contribution in [0.15, 0.2) is 17.0 Å². The first-order valence-corrected chi connectivity index (χ1v) is 8.40. The number of sulfonamides is 1. The minimum absolute atomic E-state index is 0.105. The number of nitrogens with two attached hydrogens (primary N) is 1. The minimum Gasteiger partial charge on any atom is -0.462 e. The highest BCUT2D eigenvalue weighted by atomic mass is 35.5. The molecule has 0 atom stereocenters. The second-order valence-corrected chi connectivity index (χ2v) is 7.00. The van der Waals surface area contributed by atoms with Crippen LogP contribution < -0.4 is 5.14 Å². The molecule has 1 fully saturated rings. The first kappa shape index (κ1) is 16.2. The maximum Gasteiger partial charge on any atom is 0.341 e. The van der Waals surface area contributed by atoms with E-state index in [1.54, 1.807) is 0 Å². The van der Waals surface area contributed by atoms with Crippen LogP contribution in [0.25, 0.3) is 0 Å². The van der Waals surface area contributed by atoms with Crippen LogP contribution >= 0.6 is 11.6 Å². The van der Waals surface area contributed by atoms with Crippen molar-refractivity contribution in [3.05, 3.63) is 28.5 Å². The summed E-state index contributed by atoms with van der Waals surface area (Å²) in [7, 11) is -4.31. The van der Waals surface area contributed by atoms with Gasteiger partial charge in [-0.15, -0.1) is 0 Å². The maximum atomic E-state index is 14.0. The van der Waals surface area contributed by atoms with Crippen LogP contribution in [-0.4, -0.2) is 21.0 Å². The third-order valence-corrected chi connectivity index (χ3v) is 4.64. The topological polar surface area (TPSA) is 86.5 Å². The molecule has 1 saturated carbocycles. The van der Waals surface area contributed by atoms with Crippen LogP contribution in [0.3, 0.4) is 0 Å². The van der Waals surface area contributed by atoms with E-state index in [-0.39, 0.29) is 11.6 Å². The van der Waals surface area contributed by atoms with E-state index < -0.39 is 32.3 Å². The van der Waals surface area contributed by atoms with Crippen molar-refractivity contribution in [2.45, 2.75) is 30.6 Å². The summed E-state index contributed by atoms with van der Waals surface area (Å²) in [4.78, 5) is 11.0. The van der Waals surface area contributed by atoms with Crippen LogP contribution in [-0.2, 0) is 14.8 Å². The molecule has 8 heteroatoms. The van der Waals surface area contributed by atoms with E-state index in [2.05, 4.69) is 0 Å². The Bertz CT molecular complexity index is 658. The van der Waals surface area contributed by atoms with Crippen molar-refractivity contribution in [1.29, 1.82) is 0 Å². The lowest BCUT2D eigenvalue weighted by Crippen LogP contribution is -2.18. The van der Waals surface area contributed by atoms with E-state index in [1.807, 2.05) is 0 Å². The monoisotopic (exact) mass is 335 g/mol. The van der Waals surface area contributed by atoms with Crippen LogP contribution in [0.2, 0.25) is 5.02 Å². The van der Waals surface area contributed by atoms with Gasteiger partial charge in [0.15, 0.2) is 5.82 Å². The normalized spacial score (nSPS) is 15.6. The van der Waals surface area contributed by atoms with Gasteiger partial charge < -0.3 is 4.74 Å². The van der Waals surface area contributed by atoms with Gasteiger partial charge in [0.25, 0.3) is 0 Å². The molecule has 1 aromatic rings. The summed E-state index contributed by atoms with van der Waals surface area (Å²) in [6, 6.07) is 1.88. The molecule has 1 aliphatic carbocycles. The van der Waals surface area contributed by atoms with Gasteiger partial charge in [-0.05, 0) is 24.5 Å². The van der Waals surface area contributed by atoms with Crippen LogP contribution in [0, 0.1) is 11.7 Å². The second kappa shape index (κ2) is 6.29. The average molecular weight is 336 g/mol. The van der Waals surface area contributed by atoms with Crippen LogP contribution in [0.1, 0.15) is 36.0 Å². The maximum absolute atomic E-state index is 14.0. The molecule has 0 aromatic heterocycles. The largest absolute Gasteiger partial charge is 0.462 e. The van der Waals surface area contributed by atoms with Gasteiger partial charge >= 0.3 is 5.97 Å². The Balaban J connectivity index is 2.14. The molecular formula is C13H15ClFNO4S. The fourth-order valence-corrected chi connectivity index (χ4v) is 3.03. The number of ether oxygens (including phenoxy) is 1. The molecule has 21 heavy (non-hydrogen) atoms. The molecule has 2 N–H and O–H groups in total. The van der Waals surface area contributed by atoms with Gasteiger partial charge in [0.1, 0.15) is 4.90 Å². The molecule has 116 valence electrons. The van der Waals surface area contributed by atoms with Crippen LogP contribution in [0.4, 0.5) is 4.39 Å². The summed E-state index contributed by atoms with van der Waals surface area (Å²) in [5, 5.41) is 4.78. The zero-order chi connectivity index (χ0) is 15.6. The molecule has 0 radical (unpaired) electrons. The molecule has 5 nitrogen and oxygen atoms in total. The Hall–Kier alpha value is -1.18. The first-order chi connectivity index (χ1) is 9.79. The van der Waals surface area contributed by atoms with Gasteiger partial charge in [0.2, 0.25) is 10.0 Å². The van der Waals surface area contributed by atoms with Gasteiger partial charge in [0.05, 0.1) is 12.2 Å². The summed E-state index contributed by atoms with van der Waals surface area (Å²) < 4.78 is 41.5. The molecule has 0 saturated heterocycles. The van der Waals surface area contributed by atoms with Crippen molar-refractivity contribution >= 4 is 27.6 Å². The number of primary sulfonamides is 1. The van der Waals surface area contributed by atoms with E-state index in [0.717, 1.165) is 31.4 Å². The Kier molecular flexibility index (Phi) is 4.85. The van der Waals surface area contributed by atoms with E-state index in [9.17, 15) is 17.6 Å². The molecule has 1 aromatic carbocycles. The van der Waals surface area contributed by atoms with Gasteiger partial charge in [-0.3, -0.25) is 0 Å². The third-order valence-electron chi connectivity index (χ3n) is 3.51. The smallest absolute Gasteiger partial charge is 0.341 e. The first-order valence-electron chi connectivity index (χ1n) is 6.48. The summed E-state index contributed by atoms with van der Waals surface area (Å²) in [5.74, 6) is -1.64. The minimum atomic E-state index is -4.31. The Morgan fingerprint density at radius 2 is 2.10 bits per heavy atom. The highest BCUT2D eigenvalue weighted by molar-refractivity contribution is 7.89. The number of hydrogen-bond donors (Lipinski definition) is 1. The predicted molar refractivity (Wildman–Crippen MR) is 75.0 cm³/mol. The average Bonchev–Trinajstić information content (AvgIpc) is 2.33. The number of hydrogen-bond acceptors (Lipinski definition) is 4. The van der Waals surface area contributed by atoms with Crippen molar-refractivity contribution in [2.24, 2.45) is 11.1 Å². The van der Waals surface area contributed by atoms with Crippen LogP contribution in [0.5, 0.6) is 0 Å². The van der Waals surface area contributed by atoms with Gasteiger partial charge in [-0.2, -0.15) is 0 Å². The quantitative estimate of drug-likeness (QED) is 0.837. The zero-order valence-electron chi connectivity index (χ0n) is 11.1. The van der Waals surface area contributed by atoms with Crippen molar-refractivity contribution in [3.8, 4) is 0 Å². The van der Waals surface area contributed by atoms with Gasteiger partial charge in [0, 0.05) is 5.02 Å². The molecule has 0 unspecified atom stereocenters. The molecular weight excluding hydrogens is 321 g/mol. The van der Waals surface area contributed by atoms with Crippen molar-refractivity contribution in [1.82, 2.24) is 0 Å². The molecule has 0 bridgehead atoms. The lowest BCUT2D eigenvalue weighted by Gasteiger charge is -2.24. The predicted octanol–water partition coefficient (Wildman–Crippen LogP) is 2.47. The Morgan fingerprint density at radius 3 is 2.62 bits per heavy atom. The highest BCUT2D eigenvalue weighted by Crippen LogP contribution is 2.29. The molecule has 0 spiro atoms. The highest BCUT2D eigenvalue weighted by Gasteiger charge is 2.24. The van der Waals surface area contributed by atoms with Crippen molar-refractivity contribution in [3.63, 3.8) is 0 Å². The molecule has 0 heterocycles. The molecule has 1 aliphatic rings. The van der Waals surface area contributed by atoms with E-state index in [0.29, 0.717) is 5.92 Å². The number of halogens is 2. The fourth-order valence-electron chi connectivity index (χ4n) is 2.10. The van der Waals surface area contributed by atoms with Gasteiger partial charge in [-0.25, -0.2) is 22.7 Å². The van der Waals surface area contributed by atoms with Crippen molar-refractivity contribution in [2.75, 3.05) is 6.61 Å². The SMILES string of the molecule is NS(=O)(=O)c1cc(Cl)cc(C(=O)OCCC2CCC2)c1F. The van der Waals surface area contributed by atoms with Crippen molar-refractivity contribution < 1.29 is 22.3 Å². The van der Waals surface area contributed by atoms with E-state index >= 15 is 0 Å². The molecule has 0 aliphatic heterocycles. The lowest BCUT2D eigenvalue weighted by atomic mass is 9.83. The molecule has 0 amide bonds. The number of carbonyl (C=O) groups is 1. The molecule has 2 rings (SSSR count). The fraction of sp³-hybridized carbons (Fsp3) is 0.462. The second-order valence-electron chi connectivity index (χ2n) is 5.03. The summed E-state index contributed by atoms with van der Waals surface area (Å²) in [5.41, 5.74) is -0.528. The standard InChI is InChI=1S/C13H15ClFNO4S/c14-9-6-10(12(15)11(7-9)21(16,18)19)13(17)20-5-4-8-2-1-3-8/h6-8H,1-5H2,(H2,16,18,19). The third kappa shape index (κ3) is 3.93. The number of carbonyl (C=O) groups excluding carboxylic acids is 1. The Morgan fingerprint density at radius 1 is 1.43 bits per heavy atom. The number of benzene rings is 1. The van der Waals surface area contributed by atoms with E-state index in [4.69, 9.17) is 21.5 Å². The zero-order valence-corrected chi connectivity index (χ0v) is 12.7.